The number of carbonyl (C=O) groups excluding carboxylic acids is 1. The third-order valence-electron chi connectivity index (χ3n) is 2.91. The van der Waals surface area contributed by atoms with Crippen molar-refractivity contribution in [1.82, 2.24) is 0 Å². The summed E-state index contributed by atoms with van der Waals surface area (Å²) in [4.78, 5) is 11.0. The number of hydrogen-bond acceptors (Lipinski definition) is 4. The molecule has 0 radical (unpaired) electrons. The van der Waals surface area contributed by atoms with Crippen molar-refractivity contribution in [3.8, 4) is 0 Å². The van der Waals surface area contributed by atoms with E-state index in [9.17, 15) is 18.0 Å². The highest BCUT2D eigenvalue weighted by molar-refractivity contribution is 8.14. The van der Waals surface area contributed by atoms with Crippen molar-refractivity contribution in [2.45, 2.75) is 24.6 Å². The molecule has 0 unspecified atom stereocenters. The van der Waals surface area contributed by atoms with Crippen LogP contribution in [-0.4, -0.2) is 29.9 Å². The second-order valence-corrected chi connectivity index (χ2v) is 6.22. The van der Waals surface area contributed by atoms with E-state index in [1.807, 2.05) is 0 Å². The molecule has 0 spiro atoms. The van der Waals surface area contributed by atoms with Crippen molar-refractivity contribution in [1.29, 1.82) is 0 Å². The van der Waals surface area contributed by atoms with Gasteiger partial charge in [0.05, 0.1) is 24.0 Å². The molecule has 1 aromatic rings. The van der Waals surface area contributed by atoms with Gasteiger partial charge in [0.2, 0.25) is 0 Å². The molecule has 22 heavy (non-hydrogen) atoms. The van der Waals surface area contributed by atoms with Crippen LogP contribution in [0.3, 0.4) is 0 Å². The first-order chi connectivity index (χ1) is 10.3. The molecule has 2 rings (SSSR count). The first kappa shape index (κ1) is 17.1. The van der Waals surface area contributed by atoms with E-state index in [1.54, 1.807) is 12.2 Å². The first-order valence-electron chi connectivity index (χ1n) is 6.60. The molecule has 1 aliphatic rings. The minimum atomic E-state index is -4.33. The highest BCUT2D eigenvalue weighted by Gasteiger charge is 2.29. The lowest BCUT2D eigenvalue weighted by atomic mass is 10.1. The van der Waals surface area contributed by atoms with Crippen LogP contribution >= 0.6 is 11.8 Å². The van der Waals surface area contributed by atoms with E-state index >= 15 is 0 Å². The van der Waals surface area contributed by atoms with Crippen molar-refractivity contribution in [3.63, 3.8) is 0 Å². The van der Waals surface area contributed by atoms with Crippen LogP contribution in [0.1, 0.15) is 18.1 Å². The maximum absolute atomic E-state index is 12.4. The van der Waals surface area contributed by atoms with Gasteiger partial charge in [-0.1, -0.05) is 30.0 Å². The molecule has 7 heteroatoms. The lowest BCUT2D eigenvalue weighted by Gasteiger charge is -2.26. The number of ether oxygens (including phenoxy) is 2. The number of carbonyl (C=O) groups is 1. The predicted octanol–water partition coefficient (Wildman–Crippen LogP) is 3.74. The van der Waals surface area contributed by atoms with E-state index in [0.29, 0.717) is 18.8 Å². The van der Waals surface area contributed by atoms with E-state index in [4.69, 9.17) is 9.47 Å². The molecular formula is C15H15F3O3S. The molecule has 0 aromatic heterocycles. The monoisotopic (exact) mass is 332 g/mol. The average molecular weight is 332 g/mol. The third-order valence-corrected chi connectivity index (χ3v) is 3.85. The molecule has 0 aliphatic carbocycles. The fourth-order valence-corrected chi connectivity index (χ4v) is 2.65. The van der Waals surface area contributed by atoms with Gasteiger partial charge in [0.1, 0.15) is 0 Å². The standard InChI is InChI=1S/C15H15F3O3S/c1-10(19)22-13-8-20-14(21-9-13)7-4-11-2-5-12(6-3-11)15(16,17)18/h2-7,13-14H,8-9H2,1H3/b7-4+. The second-order valence-electron chi connectivity index (χ2n) is 4.75. The molecule has 1 aliphatic heterocycles. The minimum Gasteiger partial charge on any atom is -0.348 e. The highest BCUT2D eigenvalue weighted by Crippen LogP contribution is 2.29. The quantitative estimate of drug-likeness (QED) is 0.845. The van der Waals surface area contributed by atoms with Gasteiger partial charge in [-0.05, 0) is 23.8 Å². The lowest BCUT2D eigenvalue weighted by Crippen LogP contribution is -2.33. The summed E-state index contributed by atoms with van der Waals surface area (Å²) in [6.07, 6.45) is -1.60. The number of halogens is 3. The van der Waals surface area contributed by atoms with Gasteiger partial charge < -0.3 is 9.47 Å². The maximum atomic E-state index is 12.4. The molecule has 0 saturated carbocycles. The van der Waals surface area contributed by atoms with Crippen LogP contribution in [0, 0.1) is 0 Å². The van der Waals surface area contributed by atoms with Crippen molar-refractivity contribution in [2.24, 2.45) is 0 Å². The Bertz CT molecular complexity index is 532. The summed E-state index contributed by atoms with van der Waals surface area (Å²) in [6, 6.07) is 4.83. The number of thioether (sulfide) groups is 1. The van der Waals surface area contributed by atoms with Gasteiger partial charge in [-0.25, -0.2) is 0 Å². The largest absolute Gasteiger partial charge is 0.416 e. The van der Waals surface area contributed by atoms with Gasteiger partial charge >= 0.3 is 6.18 Å². The maximum Gasteiger partial charge on any atom is 0.416 e. The normalized spacial score (nSPS) is 22.9. The Hall–Kier alpha value is -1.31. The summed E-state index contributed by atoms with van der Waals surface area (Å²) < 4.78 is 48.2. The lowest BCUT2D eigenvalue weighted by molar-refractivity contribution is -0.146. The van der Waals surface area contributed by atoms with E-state index in [2.05, 4.69) is 0 Å². The molecule has 0 bridgehead atoms. The smallest absolute Gasteiger partial charge is 0.348 e. The van der Waals surface area contributed by atoms with Gasteiger partial charge in [-0.3, -0.25) is 4.79 Å². The van der Waals surface area contributed by atoms with Crippen LogP contribution in [0.25, 0.3) is 6.08 Å². The molecule has 1 fully saturated rings. The molecule has 1 heterocycles. The number of rotatable bonds is 3. The van der Waals surface area contributed by atoms with Gasteiger partial charge in [0, 0.05) is 6.92 Å². The average Bonchev–Trinajstić information content (AvgIpc) is 2.45. The first-order valence-corrected chi connectivity index (χ1v) is 7.48. The molecule has 1 saturated heterocycles. The van der Waals surface area contributed by atoms with Crippen LogP contribution in [-0.2, 0) is 20.4 Å². The number of hydrogen-bond donors (Lipinski definition) is 0. The summed E-state index contributed by atoms with van der Waals surface area (Å²) in [7, 11) is 0. The highest BCUT2D eigenvalue weighted by atomic mass is 32.2. The van der Waals surface area contributed by atoms with E-state index in [0.717, 1.165) is 12.1 Å². The van der Waals surface area contributed by atoms with Crippen LogP contribution < -0.4 is 0 Å². The Morgan fingerprint density at radius 2 is 1.82 bits per heavy atom. The third kappa shape index (κ3) is 5.15. The van der Waals surface area contributed by atoms with Crippen LogP contribution in [0.4, 0.5) is 13.2 Å². The Kier molecular flexibility index (Phi) is 5.66. The SMILES string of the molecule is CC(=O)SC1COC(/C=C/c2ccc(C(F)(F)F)cc2)OC1. The fraction of sp³-hybridized carbons (Fsp3) is 0.400. The molecule has 0 atom stereocenters. The van der Waals surface area contributed by atoms with E-state index in [-0.39, 0.29) is 10.4 Å². The molecular weight excluding hydrogens is 317 g/mol. The molecule has 0 N–H and O–H groups in total. The summed E-state index contributed by atoms with van der Waals surface area (Å²) in [6.45, 7) is 2.28. The number of benzene rings is 1. The number of alkyl halides is 3. The Morgan fingerprint density at radius 1 is 1.23 bits per heavy atom. The zero-order chi connectivity index (χ0) is 16.2. The zero-order valence-electron chi connectivity index (χ0n) is 11.8. The van der Waals surface area contributed by atoms with Crippen molar-refractivity contribution in [2.75, 3.05) is 13.2 Å². The minimum absolute atomic E-state index is 0.0101. The molecule has 1 aromatic carbocycles. The van der Waals surface area contributed by atoms with Crippen LogP contribution in [0.2, 0.25) is 0 Å². The topological polar surface area (TPSA) is 35.5 Å². The second kappa shape index (κ2) is 7.30. The summed E-state index contributed by atoms with van der Waals surface area (Å²) in [5.74, 6) is 0. The van der Waals surface area contributed by atoms with Gasteiger partial charge in [-0.15, -0.1) is 0 Å². The van der Waals surface area contributed by atoms with Gasteiger partial charge in [0.15, 0.2) is 11.4 Å². The summed E-state index contributed by atoms with van der Waals surface area (Å²) in [5, 5.41) is -0.0100. The van der Waals surface area contributed by atoms with Crippen molar-refractivity contribution < 1.29 is 27.4 Å². The Labute approximate surface area is 130 Å². The summed E-state index contributed by atoms with van der Waals surface area (Å²) in [5.41, 5.74) is -0.0562. The molecule has 0 amide bonds. The van der Waals surface area contributed by atoms with Crippen molar-refractivity contribution in [3.05, 3.63) is 41.5 Å². The van der Waals surface area contributed by atoms with Crippen molar-refractivity contribution >= 4 is 23.0 Å². The fourth-order valence-electron chi connectivity index (χ4n) is 1.89. The van der Waals surface area contributed by atoms with Gasteiger partial charge in [0.25, 0.3) is 0 Å². The van der Waals surface area contributed by atoms with Crippen LogP contribution in [0.5, 0.6) is 0 Å². The summed E-state index contributed by atoms with van der Waals surface area (Å²) >= 11 is 1.18. The molecule has 120 valence electrons. The van der Waals surface area contributed by atoms with E-state index in [1.165, 1.54) is 30.8 Å². The molecule has 3 nitrogen and oxygen atoms in total. The Balaban J connectivity index is 1.87. The Morgan fingerprint density at radius 3 is 2.32 bits per heavy atom. The van der Waals surface area contributed by atoms with E-state index < -0.39 is 18.0 Å². The van der Waals surface area contributed by atoms with Gasteiger partial charge in [-0.2, -0.15) is 13.2 Å². The van der Waals surface area contributed by atoms with Crippen LogP contribution in [0.15, 0.2) is 30.3 Å². The zero-order valence-corrected chi connectivity index (χ0v) is 12.6. The predicted molar refractivity (Wildman–Crippen MR) is 78.2 cm³/mol.